The number of nitrogens with zero attached hydrogens (tertiary/aromatic N) is 2. The van der Waals surface area contributed by atoms with E-state index in [1.807, 2.05) is 23.6 Å². The number of aryl methyl sites for hydroxylation is 1. The number of rotatable bonds is 7. The molecule has 0 bridgehead atoms. The van der Waals surface area contributed by atoms with Gasteiger partial charge in [0.25, 0.3) is 5.91 Å². The van der Waals surface area contributed by atoms with Crippen molar-refractivity contribution in [3.63, 3.8) is 0 Å². The molecule has 1 unspecified atom stereocenters. The Hall–Kier alpha value is -3.33. The third-order valence-corrected chi connectivity index (χ3v) is 4.66. The summed E-state index contributed by atoms with van der Waals surface area (Å²) in [7, 11) is 0. The summed E-state index contributed by atoms with van der Waals surface area (Å²) in [4.78, 5) is 16.9. The van der Waals surface area contributed by atoms with E-state index in [0.717, 1.165) is 17.8 Å². The van der Waals surface area contributed by atoms with Gasteiger partial charge >= 0.3 is 6.18 Å². The fourth-order valence-electron chi connectivity index (χ4n) is 3.15. The average molecular weight is 433 g/mol. The molecule has 31 heavy (non-hydrogen) atoms. The first-order chi connectivity index (χ1) is 14.7. The number of hydrogen-bond acceptors (Lipinski definition) is 4. The number of carbonyl (C=O) groups excluding carboxylic acids is 1. The SMILES string of the molecule is Cc1cc(C(=O)NCC(O)COc2cccc(C(F)(F)F)c2)c(C)n1-c1ccccn1. The number of alkyl halides is 3. The average Bonchev–Trinajstić information content (AvgIpc) is 3.04. The standard InChI is InChI=1S/C22H22F3N3O3/c1-14-10-19(15(2)28(14)20-8-3-4-9-26-20)21(30)27-12-17(29)13-31-18-7-5-6-16(11-18)22(23,24)25/h3-11,17,29H,12-13H2,1-2H3,(H,27,30). The van der Waals surface area contributed by atoms with Crippen LogP contribution in [0.25, 0.3) is 5.82 Å². The molecule has 1 aromatic carbocycles. The highest BCUT2D eigenvalue weighted by Crippen LogP contribution is 2.31. The summed E-state index contributed by atoms with van der Waals surface area (Å²) in [6.45, 7) is 3.26. The van der Waals surface area contributed by atoms with Crippen LogP contribution in [0.3, 0.4) is 0 Å². The van der Waals surface area contributed by atoms with Crippen LogP contribution in [-0.4, -0.2) is 39.8 Å². The maximum absolute atomic E-state index is 12.8. The number of aromatic nitrogens is 2. The first-order valence-electron chi connectivity index (χ1n) is 9.53. The van der Waals surface area contributed by atoms with Crippen LogP contribution in [-0.2, 0) is 6.18 Å². The second-order valence-corrected chi connectivity index (χ2v) is 7.01. The zero-order valence-corrected chi connectivity index (χ0v) is 17.0. The van der Waals surface area contributed by atoms with E-state index in [4.69, 9.17) is 4.74 Å². The molecule has 2 aromatic heterocycles. The highest BCUT2D eigenvalue weighted by molar-refractivity contribution is 5.95. The van der Waals surface area contributed by atoms with Gasteiger partial charge in [-0.2, -0.15) is 13.2 Å². The Morgan fingerprint density at radius 1 is 1.19 bits per heavy atom. The summed E-state index contributed by atoms with van der Waals surface area (Å²) in [6.07, 6.45) is -3.92. The summed E-state index contributed by atoms with van der Waals surface area (Å²) in [5.41, 5.74) is 1.13. The number of aliphatic hydroxyl groups excluding tert-OH is 1. The predicted molar refractivity (Wildman–Crippen MR) is 108 cm³/mol. The van der Waals surface area contributed by atoms with Crippen molar-refractivity contribution in [1.82, 2.24) is 14.9 Å². The van der Waals surface area contributed by atoms with Crippen LogP contribution in [0.2, 0.25) is 0 Å². The Morgan fingerprint density at radius 3 is 2.65 bits per heavy atom. The van der Waals surface area contributed by atoms with Gasteiger partial charge in [-0.25, -0.2) is 4.98 Å². The number of halogens is 3. The lowest BCUT2D eigenvalue weighted by molar-refractivity contribution is -0.137. The Balaban J connectivity index is 1.58. The first kappa shape index (κ1) is 22.4. The molecule has 1 amide bonds. The maximum atomic E-state index is 12.8. The van der Waals surface area contributed by atoms with Crippen molar-refractivity contribution in [2.75, 3.05) is 13.2 Å². The molecule has 9 heteroatoms. The number of nitrogens with one attached hydrogen (secondary N) is 1. The van der Waals surface area contributed by atoms with Gasteiger partial charge in [0.1, 0.15) is 24.3 Å². The summed E-state index contributed by atoms with van der Waals surface area (Å²) in [5.74, 6) is 0.290. The van der Waals surface area contributed by atoms with Crippen LogP contribution in [0.1, 0.15) is 27.3 Å². The van der Waals surface area contributed by atoms with Crippen molar-refractivity contribution < 1.29 is 27.8 Å². The zero-order valence-electron chi connectivity index (χ0n) is 17.0. The van der Waals surface area contributed by atoms with Crippen molar-refractivity contribution in [2.24, 2.45) is 0 Å². The van der Waals surface area contributed by atoms with Gasteiger partial charge in [0, 0.05) is 24.1 Å². The van der Waals surface area contributed by atoms with Gasteiger partial charge in [0.05, 0.1) is 11.1 Å². The minimum atomic E-state index is -4.48. The molecule has 0 aliphatic rings. The van der Waals surface area contributed by atoms with Gasteiger partial charge in [-0.05, 0) is 50.2 Å². The van der Waals surface area contributed by atoms with E-state index in [0.29, 0.717) is 17.1 Å². The number of ether oxygens (including phenoxy) is 1. The van der Waals surface area contributed by atoms with Crippen molar-refractivity contribution in [1.29, 1.82) is 0 Å². The summed E-state index contributed by atoms with van der Waals surface area (Å²) in [6, 6.07) is 11.6. The molecule has 0 saturated heterocycles. The topological polar surface area (TPSA) is 76.4 Å². The Labute approximate surface area is 177 Å². The van der Waals surface area contributed by atoms with Gasteiger partial charge in [0.2, 0.25) is 0 Å². The number of aliphatic hydroxyl groups is 1. The summed E-state index contributed by atoms with van der Waals surface area (Å²) >= 11 is 0. The minimum absolute atomic E-state index is 0.0147. The van der Waals surface area contributed by atoms with E-state index in [1.54, 1.807) is 25.3 Å². The van der Waals surface area contributed by atoms with E-state index in [1.165, 1.54) is 12.1 Å². The van der Waals surface area contributed by atoms with Gasteiger partial charge < -0.3 is 19.7 Å². The quantitative estimate of drug-likeness (QED) is 0.596. The number of pyridine rings is 1. The van der Waals surface area contributed by atoms with Crippen LogP contribution in [0.5, 0.6) is 5.75 Å². The first-order valence-corrected chi connectivity index (χ1v) is 9.53. The normalized spacial score (nSPS) is 12.5. The molecule has 3 rings (SSSR count). The van der Waals surface area contributed by atoms with E-state index < -0.39 is 17.8 Å². The third-order valence-electron chi connectivity index (χ3n) is 4.66. The molecule has 2 heterocycles. The summed E-state index contributed by atoms with van der Waals surface area (Å²) in [5, 5.41) is 12.7. The third kappa shape index (κ3) is 5.43. The van der Waals surface area contributed by atoms with E-state index in [-0.39, 0.29) is 24.8 Å². The molecule has 0 fully saturated rings. The molecule has 0 radical (unpaired) electrons. The molecule has 0 spiro atoms. The number of benzene rings is 1. The highest BCUT2D eigenvalue weighted by Gasteiger charge is 2.30. The van der Waals surface area contributed by atoms with Crippen molar-refractivity contribution >= 4 is 5.91 Å². The van der Waals surface area contributed by atoms with Crippen LogP contribution < -0.4 is 10.1 Å². The van der Waals surface area contributed by atoms with Gasteiger partial charge in [-0.3, -0.25) is 4.79 Å². The molecule has 3 aromatic rings. The summed E-state index contributed by atoms with van der Waals surface area (Å²) < 4.78 is 45.3. The van der Waals surface area contributed by atoms with Crippen LogP contribution in [0.15, 0.2) is 54.7 Å². The molecular formula is C22H22F3N3O3. The minimum Gasteiger partial charge on any atom is -0.491 e. The highest BCUT2D eigenvalue weighted by atomic mass is 19.4. The Morgan fingerprint density at radius 2 is 1.97 bits per heavy atom. The number of carbonyl (C=O) groups is 1. The lowest BCUT2D eigenvalue weighted by Gasteiger charge is -2.14. The monoisotopic (exact) mass is 433 g/mol. The van der Waals surface area contributed by atoms with E-state index >= 15 is 0 Å². The lowest BCUT2D eigenvalue weighted by Crippen LogP contribution is -2.35. The van der Waals surface area contributed by atoms with E-state index in [9.17, 15) is 23.1 Å². The largest absolute Gasteiger partial charge is 0.491 e. The van der Waals surface area contributed by atoms with Crippen molar-refractivity contribution in [3.8, 4) is 11.6 Å². The molecule has 0 saturated carbocycles. The smallest absolute Gasteiger partial charge is 0.416 e. The molecule has 1 atom stereocenters. The number of amides is 1. The lowest BCUT2D eigenvalue weighted by atomic mass is 10.2. The molecular weight excluding hydrogens is 411 g/mol. The maximum Gasteiger partial charge on any atom is 0.416 e. The Kier molecular flexibility index (Phi) is 6.65. The molecule has 164 valence electrons. The molecule has 6 nitrogen and oxygen atoms in total. The van der Waals surface area contributed by atoms with E-state index in [2.05, 4.69) is 10.3 Å². The second-order valence-electron chi connectivity index (χ2n) is 7.01. The van der Waals surface area contributed by atoms with Gasteiger partial charge in [-0.1, -0.05) is 12.1 Å². The molecule has 0 aliphatic carbocycles. The fraction of sp³-hybridized carbons (Fsp3) is 0.273. The molecule has 2 N–H and O–H groups in total. The Bertz CT molecular complexity index is 1050. The van der Waals surface area contributed by atoms with Crippen molar-refractivity contribution in [2.45, 2.75) is 26.1 Å². The fourth-order valence-corrected chi connectivity index (χ4v) is 3.15. The predicted octanol–water partition coefficient (Wildman–Crippen LogP) is 3.68. The van der Waals surface area contributed by atoms with Gasteiger partial charge in [-0.15, -0.1) is 0 Å². The number of hydrogen-bond donors (Lipinski definition) is 2. The van der Waals surface area contributed by atoms with Gasteiger partial charge in [0.15, 0.2) is 0 Å². The van der Waals surface area contributed by atoms with Crippen molar-refractivity contribution in [3.05, 3.63) is 77.2 Å². The zero-order chi connectivity index (χ0) is 22.6. The van der Waals surface area contributed by atoms with Crippen LogP contribution in [0.4, 0.5) is 13.2 Å². The molecule has 0 aliphatic heterocycles. The second kappa shape index (κ2) is 9.22. The van der Waals surface area contributed by atoms with Crippen LogP contribution >= 0.6 is 0 Å². The van der Waals surface area contributed by atoms with Crippen LogP contribution in [0, 0.1) is 13.8 Å².